The summed E-state index contributed by atoms with van der Waals surface area (Å²) in [6, 6.07) is 15.3. The highest BCUT2D eigenvalue weighted by Crippen LogP contribution is 2.32. The molecule has 0 saturated carbocycles. The largest absolute Gasteiger partial charge is 0.497 e. The van der Waals surface area contributed by atoms with Gasteiger partial charge in [0.15, 0.2) is 5.78 Å². The second kappa shape index (κ2) is 9.02. The number of aromatic nitrogens is 2. The number of methoxy groups -OCH3 is 1. The molecule has 30 heavy (non-hydrogen) atoms. The third kappa shape index (κ3) is 4.57. The van der Waals surface area contributed by atoms with Crippen LogP contribution in [0.5, 0.6) is 11.5 Å². The molecule has 3 aromatic rings. The lowest BCUT2D eigenvalue weighted by molar-refractivity contribution is -0.126. The Kier molecular flexibility index (Phi) is 6.63. The van der Waals surface area contributed by atoms with Crippen LogP contribution in [0.15, 0.2) is 53.0 Å². The molecule has 1 N–H and O–H groups in total. The maximum Gasteiger partial charge on any atom is 0.169 e. The summed E-state index contributed by atoms with van der Waals surface area (Å²) in [4.78, 5) is 12.2. The SMILES string of the molecule is COc1ccc(OCc2cc(Br)ccc2-c2cc(C(C)(C)C(=O)CO)nn2C)cc1. The predicted octanol–water partition coefficient (Wildman–Crippen LogP) is 4.28. The fourth-order valence-corrected chi connectivity index (χ4v) is 3.54. The lowest BCUT2D eigenvalue weighted by atomic mass is 9.84. The number of hydrogen-bond donors (Lipinski definition) is 1. The van der Waals surface area contributed by atoms with E-state index in [-0.39, 0.29) is 5.78 Å². The molecule has 0 atom stereocenters. The highest BCUT2D eigenvalue weighted by Gasteiger charge is 2.32. The minimum Gasteiger partial charge on any atom is -0.497 e. The molecule has 3 rings (SSSR count). The minimum absolute atomic E-state index is 0.272. The average molecular weight is 473 g/mol. The van der Waals surface area contributed by atoms with E-state index in [9.17, 15) is 9.90 Å². The number of nitrogens with zero attached hydrogens (tertiary/aromatic N) is 2. The van der Waals surface area contributed by atoms with Crippen molar-refractivity contribution in [3.8, 4) is 22.8 Å². The second-order valence-electron chi connectivity index (χ2n) is 7.51. The zero-order valence-corrected chi connectivity index (χ0v) is 19.1. The van der Waals surface area contributed by atoms with Crippen LogP contribution in [0.1, 0.15) is 25.1 Å². The molecule has 0 saturated heterocycles. The van der Waals surface area contributed by atoms with Crippen molar-refractivity contribution >= 4 is 21.7 Å². The molecular weight excluding hydrogens is 448 g/mol. The second-order valence-corrected chi connectivity index (χ2v) is 8.43. The molecule has 0 spiro atoms. The van der Waals surface area contributed by atoms with Gasteiger partial charge in [0, 0.05) is 17.1 Å². The summed E-state index contributed by atoms with van der Waals surface area (Å²) in [7, 11) is 3.47. The highest BCUT2D eigenvalue weighted by atomic mass is 79.9. The van der Waals surface area contributed by atoms with Crippen LogP contribution in [0, 0.1) is 0 Å². The third-order valence-electron chi connectivity index (χ3n) is 5.16. The normalized spacial score (nSPS) is 11.4. The van der Waals surface area contributed by atoms with E-state index in [4.69, 9.17) is 9.47 Å². The molecule has 7 heteroatoms. The molecule has 0 bridgehead atoms. The predicted molar refractivity (Wildman–Crippen MR) is 119 cm³/mol. The first-order chi connectivity index (χ1) is 14.3. The van der Waals surface area contributed by atoms with Gasteiger partial charge in [-0.2, -0.15) is 5.10 Å². The summed E-state index contributed by atoms with van der Waals surface area (Å²) in [5.74, 6) is 1.24. The van der Waals surface area contributed by atoms with Gasteiger partial charge in [0.05, 0.1) is 23.9 Å². The Morgan fingerprint density at radius 2 is 1.80 bits per heavy atom. The van der Waals surface area contributed by atoms with Crippen molar-refractivity contribution in [2.75, 3.05) is 13.7 Å². The van der Waals surface area contributed by atoms with Gasteiger partial charge >= 0.3 is 0 Å². The van der Waals surface area contributed by atoms with Crippen LogP contribution in [0.4, 0.5) is 0 Å². The maximum atomic E-state index is 12.2. The van der Waals surface area contributed by atoms with Gasteiger partial charge < -0.3 is 14.6 Å². The van der Waals surface area contributed by atoms with E-state index in [2.05, 4.69) is 21.0 Å². The molecule has 0 aliphatic heterocycles. The number of Topliss-reactive ketones (excluding diaryl/α,β-unsaturated/α-hetero) is 1. The van der Waals surface area contributed by atoms with Crippen molar-refractivity contribution in [3.63, 3.8) is 0 Å². The Hall–Kier alpha value is -2.64. The number of aliphatic hydroxyl groups excluding tert-OH is 1. The molecule has 1 heterocycles. The summed E-state index contributed by atoms with van der Waals surface area (Å²) >= 11 is 3.53. The van der Waals surface area contributed by atoms with Crippen LogP contribution in [0.3, 0.4) is 0 Å². The first-order valence-corrected chi connectivity index (χ1v) is 10.3. The number of ketones is 1. The smallest absolute Gasteiger partial charge is 0.169 e. The van der Waals surface area contributed by atoms with Gasteiger partial charge in [0.1, 0.15) is 24.7 Å². The zero-order chi connectivity index (χ0) is 21.9. The molecule has 0 aliphatic rings. The Morgan fingerprint density at radius 3 is 2.43 bits per heavy atom. The van der Waals surface area contributed by atoms with Crippen LogP contribution in [-0.2, 0) is 23.9 Å². The summed E-state index contributed by atoms with van der Waals surface area (Å²) in [6.07, 6.45) is 0. The van der Waals surface area contributed by atoms with Crippen molar-refractivity contribution in [2.45, 2.75) is 25.9 Å². The number of aliphatic hydroxyl groups is 1. The standard InChI is InChI=1S/C23H25BrN2O4/c1-23(2,22(28)13-27)21-12-20(26(3)25-21)19-10-5-16(24)11-15(19)14-30-18-8-6-17(29-4)7-9-18/h5-12,27H,13-14H2,1-4H3. The summed E-state index contributed by atoms with van der Waals surface area (Å²) in [5, 5.41) is 13.8. The van der Waals surface area contributed by atoms with E-state index >= 15 is 0 Å². The lowest BCUT2D eigenvalue weighted by Crippen LogP contribution is -2.32. The van der Waals surface area contributed by atoms with Crippen LogP contribution in [0.2, 0.25) is 0 Å². The van der Waals surface area contributed by atoms with Crippen LogP contribution in [-0.4, -0.2) is 34.4 Å². The highest BCUT2D eigenvalue weighted by molar-refractivity contribution is 9.10. The number of halogens is 1. The van der Waals surface area contributed by atoms with Gasteiger partial charge in [-0.15, -0.1) is 0 Å². The maximum absolute atomic E-state index is 12.2. The first-order valence-electron chi connectivity index (χ1n) is 9.50. The van der Waals surface area contributed by atoms with Gasteiger partial charge in [0.25, 0.3) is 0 Å². The van der Waals surface area contributed by atoms with Crippen LogP contribution >= 0.6 is 15.9 Å². The quantitative estimate of drug-likeness (QED) is 0.529. The summed E-state index contributed by atoms with van der Waals surface area (Å²) in [6.45, 7) is 3.39. The van der Waals surface area contributed by atoms with Crippen LogP contribution in [0.25, 0.3) is 11.3 Å². The average Bonchev–Trinajstić information content (AvgIpc) is 3.14. The number of carbonyl (C=O) groups is 1. The fraction of sp³-hybridized carbons (Fsp3) is 0.304. The molecule has 1 aromatic heterocycles. The summed E-state index contributed by atoms with van der Waals surface area (Å²) in [5.41, 5.74) is 2.54. The lowest BCUT2D eigenvalue weighted by Gasteiger charge is -2.18. The summed E-state index contributed by atoms with van der Waals surface area (Å²) < 4.78 is 13.9. The number of ether oxygens (including phenoxy) is 2. The van der Waals surface area contributed by atoms with Gasteiger partial charge in [-0.25, -0.2) is 0 Å². The molecule has 0 unspecified atom stereocenters. The molecule has 6 nitrogen and oxygen atoms in total. The van der Waals surface area contributed by atoms with E-state index in [0.29, 0.717) is 12.3 Å². The van der Waals surface area contributed by atoms with E-state index in [0.717, 1.165) is 32.8 Å². The molecule has 0 aliphatic carbocycles. The Balaban J connectivity index is 1.92. The number of hydrogen-bond acceptors (Lipinski definition) is 5. The molecule has 2 aromatic carbocycles. The van der Waals surface area contributed by atoms with E-state index in [1.165, 1.54) is 0 Å². The minimum atomic E-state index is -0.875. The topological polar surface area (TPSA) is 73.6 Å². The van der Waals surface area contributed by atoms with Crippen molar-refractivity contribution in [2.24, 2.45) is 7.05 Å². The Bertz CT molecular complexity index is 1040. The zero-order valence-electron chi connectivity index (χ0n) is 17.5. The third-order valence-corrected chi connectivity index (χ3v) is 5.65. The number of carbonyl (C=O) groups excluding carboxylic acids is 1. The molecular formula is C23H25BrN2O4. The fourth-order valence-electron chi connectivity index (χ4n) is 3.13. The number of aryl methyl sites for hydroxylation is 1. The first kappa shape index (κ1) is 22.1. The van der Waals surface area contributed by atoms with E-state index in [1.54, 1.807) is 25.6 Å². The van der Waals surface area contributed by atoms with Gasteiger partial charge in [-0.05, 0) is 61.9 Å². The number of benzene rings is 2. The molecule has 158 valence electrons. The van der Waals surface area contributed by atoms with Crippen molar-refractivity contribution in [3.05, 3.63) is 64.3 Å². The van der Waals surface area contributed by atoms with Crippen molar-refractivity contribution in [1.29, 1.82) is 0 Å². The van der Waals surface area contributed by atoms with Crippen molar-refractivity contribution < 1.29 is 19.4 Å². The Morgan fingerprint density at radius 1 is 1.13 bits per heavy atom. The monoisotopic (exact) mass is 472 g/mol. The number of rotatable bonds is 8. The van der Waals surface area contributed by atoms with E-state index in [1.807, 2.05) is 55.6 Å². The van der Waals surface area contributed by atoms with Gasteiger partial charge in [0.2, 0.25) is 0 Å². The molecule has 0 amide bonds. The molecule has 0 radical (unpaired) electrons. The van der Waals surface area contributed by atoms with Gasteiger partial charge in [-0.3, -0.25) is 9.48 Å². The van der Waals surface area contributed by atoms with Gasteiger partial charge in [-0.1, -0.05) is 22.0 Å². The molecule has 0 fully saturated rings. The van der Waals surface area contributed by atoms with E-state index < -0.39 is 12.0 Å². The Labute approximate surface area is 184 Å². The van der Waals surface area contributed by atoms with Crippen molar-refractivity contribution in [1.82, 2.24) is 9.78 Å². The van der Waals surface area contributed by atoms with Crippen LogP contribution < -0.4 is 9.47 Å².